The summed E-state index contributed by atoms with van der Waals surface area (Å²) in [5.74, 6) is -0.529. The number of ether oxygens (including phenoxy) is 1. The van der Waals surface area contributed by atoms with Crippen molar-refractivity contribution in [2.45, 2.75) is 25.1 Å². The molecule has 1 unspecified atom stereocenters. The Balaban J connectivity index is 2.11. The summed E-state index contributed by atoms with van der Waals surface area (Å²) in [7, 11) is 1.50. The first-order valence-corrected chi connectivity index (χ1v) is 7.65. The molecular formula is C18H14F3N3O2. The number of nitrogens with zero attached hydrogens (tertiary/aromatic N) is 3. The van der Waals surface area contributed by atoms with E-state index in [0.717, 1.165) is 11.8 Å². The van der Waals surface area contributed by atoms with Crippen molar-refractivity contribution in [2.75, 3.05) is 12.0 Å². The summed E-state index contributed by atoms with van der Waals surface area (Å²) in [6.45, 7) is 0.737. The molecule has 0 spiro atoms. The SMILES string of the molecule is COc1ccc(CN2C(=O)C(C)(C(F)(F)F)c3c2ccnc3C#N)cc1. The van der Waals surface area contributed by atoms with E-state index in [-0.39, 0.29) is 12.2 Å². The standard InChI is InChI=1S/C18H14F3N3O2/c1-17(18(19,20)21)15-13(9-22)23-8-7-14(15)24(16(17)25)10-11-3-5-12(26-2)6-4-11/h3-8H,10H2,1-2H3. The van der Waals surface area contributed by atoms with Crippen LogP contribution in [0.25, 0.3) is 0 Å². The highest BCUT2D eigenvalue weighted by Crippen LogP contribution is 2.52. The van der Waals surface area contributed by atoms with Gasteiger partial charge in [0, 0.05) is 11.8 Å². The first kappa shape index (κ1) is 17.7. The number of hydrogen-bond acceptors (Lipinski definition) is 4. The van der Waals surface area contributed by atoms with Crippen molar-refractivity contribution in [1.82, 2.24) is 4.98 Å². The molecule has 0 fully saturated rings. The molecule has 0 aliphatic carbocycles. The lowest BCUT2D eigenvalue weighted by Crippen LogP contribution is -2.48. The Bertz CT molecular complexity index is 903. The summed E-state index contributed by atoms with van der Waals surface area (Å²) in [6.07, 6.45) is -3.63. The largest absolute Gasteiger partial charge is 0.497 e. The fraction of sp³-hybridized carbons (Fsp3) is 0.278. The maximum atomic E-state index is 13.8. The number of methoxy groups -OCH3 is 1. The number of halogens is 3. The van der Waals surface area contributed by atoms with Crippen LogP contribution in [0.2, 0.25) is 0 Å². The van der Waals surface area contributed by atoms with Crippen LogP contribution in [0, 0.1) is 11.3 Å². The van der Waals surface area contributed by atoms with Gasteiger partial charge in [0.25, 0.3) is 0 Å². The Hall–Kier alpha value is -3.08. The van der Waals surface area contributed by atoms with E-state index < -0.39 is 28.8 Å². The molecule has 1 aromatic carbocycles. The molecule has 1 aliphatic heterocycles. The Morgan fingerprint density at radius 3 is 2.46 bits per heavy atom. The van der Waals surface area contributed by atoms with Crippen molar-refractivity contribution < 1.29 is 22.7 Å². The van der Waals surface area contributed by atoms with E-state index in [0.29, 0.717) is 11.3 Å². The minimum atomic E-state index is -4.86. The summed E-state index contributed by atoms with van der Waals surface area (Å²) in [5, 5.41) is 9.20. The molecule has 1 amide bonds. The van der Waals surface area contributed by atoms with E-state index in [1.54, 1.807) is 30.3 Å². The Morgan fingerprint density at radius 1 is 1.27 bits per heavy atom. The first-order chi connectivity index (χ1) is 12.2. The third-order valence-electron chi connectivity index (χ3n) is 4.57. The Labute approximate surface area is 147 Å². The highest BCUT2D eigenvalue weighted by molar-refractivity contribution is 6.09. The van der Waals surface area contributed by atoms with Gasteiger partial charge >= 0.3 is 6.18 Å². The number of pyridine rings is 1. The van der Waals surface area contributed by atoms with Gasteiger partial charge in [-0.1, -0.05) is 12.1 Å². The van der Waals surface area contributed by atoms with Crippen LogP contribution >= 0.6 is 0 Å². The average molecular weight is 361 g/mol. The molecule has 1 aromatic heterocycles. The van der Waals surface area contributed by atoms with E-state index in [9.17, 15) is 23.2 Å². The number of nitriles is 1. The topological polar surface area (TPSA) is 66.2 Å². The minimum Gasteiger partial charge on any atom is -0.497 e. The van der Waals surface area contributed by atoms with E-state index in [1.165, 1.54) is 19.4 Å². The summed E-state index contributed by atoms with van der Waals surface area (Å²) in [6, 6.07) is 9.65. The number of anilines is 1. The zero-order chi connectivity index (χ0) is 19.1. The third-order valence-corrected chi connectivity index (χ3v) is 4.57. The number of carbonyl (C=O) groups is 1. The number of fused-ring (bicyclic) bond motifs is 1. The highest BCUT2D eigenvalue weighted by Gasteiger charge is 2.65. The number of hydrogen-bond donors (Lipinski definition) is 0. The van der Waals surface area contributed by atoms with Gasteiger partial charge in [-0.3, -0.25) is 4.79 Å². The van der Waals surface area contributed by atoms with Crippen molar-refractivity contribution in [3.05, 3.63) is 53.3 Å². The van der Waals surface area contributed by atoms with Gasteiger partial charge in [0.15, 0.2) is 5.41 Å². The predicted molar refractivity (Wildman–Crippen MR) is 86.5 cm³/mol. The van der Waals surface area contributed by atoms with Gasteiger partial charge in [0.05, 0.1) is 19.3 Å². The molecule has 0 saturated heterocycles. The van der Waals surface area contributed by atoms with Crippen LogP contribution in [0.5, 0.6) is 5.75 Å². The average Bonchev–Trinajstić information content (AvgIpc) is 2.85. The molecule has 2 aromatic rings. The summed E-state index contributed by atoms with van der Waals surface area (Å²) in [5.41, 5.74) is -2.92. The van der Waals surface area contributed by atoms with Crippen LogP contribution in [-0.4, -0.2) is 24.2 Å². The summed E-state index contributed by atoms with van der Waals surface area (Å²) >= 11 is 0. The van der Waals surface area contributed by atoms with E-state index in [1.807, 2.05) is 0 Å². The van der Waals surface area contributed by atoms with Crippen LogP contribution in [0.15, 0.2) is 36.5 Å². The van der Waals surface area contributed by atoms with Crippen molar-refractivity contribution in [3.8, 4) is 11.8 Å². The van der Waals surface area contributed by atoms with Crippen LogP contribution in [0.4, 0.5) is 18.9 Å². The van der Waals surface area contributed by atoms with Crippen molar-refractivity contribution in [1.29, 1.82) is 5.26 Å². The van der Waals surface area contributed by atoms with Crippen LogP contribution < -0.4 is 9.64 Å². The molecule has 0 saturated carbocycles. The highest BCUT2D eigenvalue weighted by atomic mass is 19.4. The lowest BCUT2D eigenvalue weighted by atomic mass is 9.82. The molecule has 2 heterocycles. The molecule has 26 heavy (non-hydrogen) atoms. The normalized spacial score (nSPS) is 19.2. The number of alkyl halides is 3. The van der Waals surface area contributed by atoms with Crippen LogP contribution in [0.3, 0.4) is 0 Å². The lowest BCUT2D eigenvalue weighted by molar-refractivity contribution is -0.187. The molecular weight excluding hydrogens is 347 g/mol. The zero-order valence-corrected chi connectivity index (χ0v) is 14.0. The molecule has 134 valence electrons. The molecule has 8 heteroatoms. The number of rotatable bonds is 3. The third kappa shape index (κ3) is 2.47. The fourth-order valence-electron chi connectivity index (χ4n) is 3.07. The maximum Gasteiger partial charge on any atom is 0.407 e. The van der Waals surface area contributed by atoms with Gasteiger partial charge in [0.2, 0.25) is 5.91 Å². The molecule has 0 radical (unpaired) electrons. The number of aromatic nitrogens is 1. The Morgan fingerprint density at radius 2 is 1.92 bits per heavy atom. The molecule has 0 N–H and O–H groups in total. The van der Waals surface area contributed by atoms with Gasteiger partial charge in [-0.05, 0) is 30.7 Å². The molecule has 3 rings (SSSR count). The molecule has 1 aliphatic rings. The van der Waals surface area contributed by atoms with Crippen molar-refractivity contribution >= 4 is 11.6 Å². The number of benzene rings is 1. The predicted octanol–water partition coefficient (Wildman–Crippen LogP) is 3.33. The molecule has 0 bridgehead atoms. The second-order valence-corrected chi connectivity index (χ2v) is 6.03. The second kappa shape index (κ2) is 6.02. The van der Waals surface area contributed by atoms with E-state index in [4.69, 9.17) is 4.74 Å². The van der Waals surface area contributed by atoms with Crippen LogP contribution in [-0.2, 0) is 16.8 Å². The van der Waals surface area contributed by atoms with Gasteiger partial charge in [-0.15, -0.1) is 0 Å². The minimum absolute atomic E-state index is 0.0530. The van der Waals surface area contributed by atoms with Gasteiger partial charge in [-0.2, -0.15) is 18.4 Å². The van der Waals surface area contributed by atoms with Crippen molar-refractivity contribution in [2.24, 2.45) is 0 Å². The van der Waals surface area contributed by atoms with Gasteiger partial charge in [0.1, 0.15) is 17.5 Å². The number of carbonyl (C=O) groups excluding carboxylic acids is 1. The molecule has 1 atom stereocenters. The second-order valence-electron chi connectivity index (χ2n) is 6.03. The maximum absolute atomic E-state index is 13.8. The number of amides is 1. The van der Waals surface area contributed by atoms with E-state index >= 15 is 0 Å². The zero-order valence-electron chi connectivity index (χ0n) is 14.0. The van der Waals surface area contributed by atoms with Gasteiger partial charge < -0.3 is 9.64 Å². The molecule has 5 nitrogen and oxygen atoms in total. The first-order valence-electron chi connectivity index (χ1n) is 7.65. The fourth-order valence-corrected chi connectivity index (χ4v) is 3.07. The van der Waals surface area contributed by atoms with E-state index in [2.05, 4.69) is 4.98 Å². The quantitative estimate of drug-likeness (QED) is 0.841. The summed E-state index contributed by atoms with van der Waals surface area (Å²) in [4.78, 5) is 17.5. The summed E-state index contributed by atoms with van der Waals surface area (Å²) < 4.78 is 46.5. The Kier molecular flexibility index (Phi) is 4.11. The van der Waals surface area contributed by atoms with Crippen molar-refractivity contribution in [3.63, 3.8) is 0 Å². The lowest BCUT2D eigenvalue weighted by Gasteiger charge is -2.27. The smallest absolute Gasteiger partial charge is 0.407 e. The van der Waals surface area contributed by atoms with Gasteiger partial charge in [-0.25, -0.2) is 4.98 Å². The monoisotopic (exact) mass is 361 g/mol. The van der Waals surface area contributed by atoms with Crippen LogP contribution in [0.1, 0.15) is 23.7 Å².